The van der Waals surface area contributed by atoms with Crippen molar-refractivity contribution < 1.29 is 18.3 Å². The molecule has 0 saturated carbocycles. The Kier molecular flexibility index (Phi) is 2.73. The molecule has 1 aliphatic heterocycles. The minimum absolute atomic E-state index is 0.0920. The van der Waals surface area contributed by atoms with E-state index in [0.29, 0.717) is 17.9 Å². The second-order valence-corrected chi connectivity index (χ2v) is 6.90. The van der Waals surface area contributed by atoms with Gasteiger partial charge in [-0.1, -0.05) is 6.92 Å². The van der Waals surface area contributed by atoms with Gasteiger partial charge in [0.15, 0.2) is 9.84 Å². The molecule has 0 amide bonds. The summed E-state index contributed by atoms with van der Waals surface area (Å²) in [4.78, 5) is 17.4. The maximum absolute atomic E-state index is 11.5. The summed E-state index contributed by atoms with van der Waals surface area (Å²) in [5.74, 6) is -0.334. The Balaban J connectivity index is 2.23. The molecule has 0 aromatic carbocycles. The monoisotopic (exact) mass is 258 g/mol. The van der Waals surface area contributed by atoms with E-state index < -0.39 is 21.2 Å². The average Bonchev–Trinajstić information content (AvgIpc) is 2.71. The highest BCUT2D eigenvalue weighted by Crippen LogP contribution is 2.34. The van der Waals surface area contributed by atoms with E-state index in [4.69, 9.17) is 5.11 Å². The Bertz CT molecular complexity index is 548. The third kappa shape index (κ3) is 2.49. The highest BCUT2D eigenvalue weighted by atomic mass is 32.2. The molecule has 0 spiro atoms. The molecule has 7 heteroatoms. The third-order valence-electron chi connectivity index (χ3n) is 3.10. The van der Waals surface area contributed by atoms with Crippen LogP contribution in [0, 0.1) is 0 Å². The number of aliphatic carboxylic acids is 1. The van der Waals surface area contributed by atoms with Crippen LogP contribution < -0.4 is 0 Å². The summed E-state index contributed by atoms with van der Waals surface area (Å²) in [6.45, 7) is 1.86. The summed E-state index contributed by atoms with van der Waals surface area (Å²) in [7, 11) is -2.98. The van der Waals surface area contributed by atoms with Crippen molar-refractivity contribution >= 4 is 15.8 Å². The molecule has 1 saturated heterocycles. The van der Waals surface area contributed by atoms with E-state index in [9.17, 15) is 13.2 Å². The van der Waals surface area contributed by atoms with E-state index in [2.05, 4.69) is 9.97 Å². The lowest BCUT2D eigenvalue weighted by atomic mass is 9.87. The van der Waals surface area contributed by atoms with Gasteiger partial charge in [0.25, 0.3) is 0 Å². The molecule has 1 aromatic heterocycles. The molecule has 1 aliphatic rings. The molecule has 1 unspecified atom stereocenters. The Morgan fingerprint density at radius 2 is 2.35 bits per heavy atom. The average molecular weight is 258 g/mol. The Morgan fingerprint density at radius 1 is 1.65 bits per heavy atom. The van der Waals surface area contributed by atoms with Crippen LogP contribution in [-0.2, 0) is 26.5 Å². The topological polar surface area (TPSA) is 100 Å². The van der Waals surface area contributed by atoms with Crippen LogP contribution in [0.1, 0.15) is 24.9 Å². The van der Waals surface area contributed by atoms with Crippen LogP contribution in [0.25, 0.3) is 0 Å². The van der Waals surface area contributed by atoms with Crippen LogP contribution in [0.3, 0.4) is 0 Å². The maximum Gasteiger partial charge on any atom is 0.311 e. The zero-order chi connectivity index (χ0) is 12.7. The number of sulfone groups is 1. The maximum atomic E-state index is 11.5. The van der Waals surface area contributed by atoms with Crippen molar-refractivity contribution in [3.8, 4) is 0 Å². The molecule has 0 radical (unpaired) electrons. The molecule has 1 atom stereocenters. The SMILES string of the molecule is CC1(c2cnc(CC(=O)O)[nH]2)CCS(=O)(=O)C1. The Labute approximate surface area is 99.0 Å². The lowest BCUT2D eigenvalue weighted by Gasteiger charge is -2.19. The minimum Gasteiger partial charge on any atom is -0.481 e. The number of carboxylic acid groups (broad SMARTS) is 1. The number of nitrogens with zero attached hydrogens (tertiary/aromatic N) is 1. The van der Waals surface area contributed by atoms with Crippen molar-refractivity contribution in [1.29, 1.82) is 0 Å². The van der Waals surface area contributed by atoms with Gasteiger partial charge in [-0.05, 0) is 6.42 Å². The molecule has 6 nitrogen and oxygen atoms in total. The number of hydrogen-bond donors (Lipinski definition) is 2. The molecule has 2 N–H and O–H groups in total. The van der Waals surface area contributed by atoms with E-state index in [-0.39, 0.29) is 17.9 Å². The fourth-order valence-electron chi connectivity index (χ4n) is 2.13. The van der Waals surface area contributed by atoms with Gasteiger partial charge >= 0.3 is 5.97 Å². The number of H-pyrrole nitrogens is 1. The summed E-state index contributed by atoms with van der Waals surface area (Å²) in [5, 5.41) is 8.63. The summed E-state index contributed by atoms with van der Waals surface area (Å²) < 4.78 is 23.0. The van der Waals surface area contributed by atoms with Gasteiger partial charge in [-0.15, -0.1) is 0 Å². The van der Waals surface area contributed by atoms with Gasteiger partial charge < -0.3 is 10.1 Å². The normalized spacial score (nSPS) is 27.1. The number of aromatic amines is 1. The number of rotatable bonds is 3. The fraction of sp³-hybridized carbons (Fsp3) is 0.600. The first-order valence-corrected chi connectivity index (χ1v) is 7.09. The smallest absolute Gasteiger partial charge is 0.311 e. The quantitative estimate of drug-likeness (QED) is 0.801. The van der Waals surface area contributed by atoms with Crippen LogP contribution in [0.15, 0.2) is 6.20 Å². The summed E-state index contributed by atoms with van der Waals surface area (Å²) >= 11 is 0. The number of carbonyl (C=O) groups is 1. The van der Waals surface area contributed by atoms with Crippen molar-refractivity contribution in [3.63, 3.8) is 0 Å². The predicted molar refractivity (Wildman–Crippen MR) is 60.6 cm³/mol. The highest BCUT2D eigenvalue weighted by Gasteiger charge is 2.40. The molecular formula is C10H14N2O4S. The van der Waals surface area contributed by atoms with Crippen LogP contribution in [0.2, 0.25) is 0 Å². The number of hydrogen-bond acceptors (Lipinski definition) is 4. The second-order valence-electron chi connectivity index (χ2n) is 4.72. The second kappa shape index (κ2) is 3.83. The van der Waals surface area contributed by atoms with Gasteiger partial charge in [-0.25, -0.2) is 13.4 Å². The fourth-order valence-corrected chi connectivity index (χ4v) is 4.30. The first-order valence-electron chi connectivity index (χ1n) is 5.27. The van der Waals surface area contributed by atoms with Gasteiger partial charge in [0.05, 0.1) is 11.5 Å². The van der Waals surface area contributed by atoms with Gasteiger partial charge in [0.2, 0.25) is 0 Å². The molecular weight excluding hydrogens is 244 g/mol. The summed E-state index contributed by atoms with van der Waals surface area (Å²) in [6.07, 6.45) is 1.91. The van der Waals surface area contributed by atoms with E-state index >= 15 is 0 Å². The molecule has 94 valence electrons. The van der Waals surface area contributed by atoms with Crippen LogP contribution in [-0.4, -0.2) is 41.0 Å². The van der Waals surface area contributed by atoms with Crippen molar-refractivity contribution in [2.24, 2.45) is 0 Å². The standard InChI is InChI=1S/C10H14N2O4S/c1-10(2-3-17(15,16)6-10)7-5-11-8(12-7)4-9(13)14/h5H,2-4,6H2,1H3,(H,11,12)(H,13,14). The first-order chi connectivity index (χ1) is 7.81. The lowest BCUT2D eigenvalue weighted by molar-refractivity contribution is -0.136. The first kappa shape index (κ1) is 12.1. The zero-order valence-electron chi connectivity index (χ0n) is 9.43. The molecule has 1 fully saturated rings. The number of imidazole rings is 1. The van der Waals surface area contributed by atoms with Crippen molar-refractivity contribution in [1.82, 2.24) is 9.97 Å². The number of aromatic nitrogens is 2. The molecule has 1 aromatic rings. The lowest BCUT2D eigenvalue weighted by Crippen LogP contribution is -2.23. The van der Waals surface area contributed by atoms with E-state index in [1.807, 2.05) is 6.92 Å². The molecule has 0 bridgehead atoms. The van der Waals surface area contributed by atoms with E-state index in [0.717, 1.165) is 0 Å². The Morgan fingerprint density at radius 3 is 2.88 bits per heavy atom. The summed E-state index contributed by atoms with van der Waals surface area (Å²) in [6, 6.07) is 0. The zero-order valence-corrected chi connectivity index (χ0v) is 10.2. The highest BCUT2D eigenvalue weighted by molar-refractivity contribution is 7.91. The van der Waals surface area contributed by atoms with Crippen molar-refractivity contribution in [2.75, 3.05) is 11.5 Å². The number of carboxylic acids is 1. The largest absolute Gasteiger partial charge is 0.481 e. The molecule has 2 heterocycles. The van der Waals surface area contributed by atoms with Crippen LogP contribution in [0.4, 0.5) is 0 Å². The van der Waals surface area contributed by atoms with Crippen molar-refractivity contribution in [3.05, 3.63) is 17.7 Å². The van der Waals surface area contributed by atoms with E-state index in [1.54, 1.807) is 6.20 Å². The van der Waals surface area contributed by atoms with Gasteiger partial charge in [-0.2, -0.15) is 0 Å². The molecule has 2 rings (SSSR count). The van der Waals surface area contributed by atoms with Gasteiger partial charge in [0.1, 0.15) is 12.2 Å². The van der Waals surface area contributed by atoms with Crippen LogP contribution in [0.5, 0.6) is 0 Å². The van der Waals surface area contributed by atoms with Crippen LogP contribution >= 0.6 is 0 Å². The predicted octanol–water partition coefficient (Wildman–Crippen LogP) is 0.113. The third-order valence-corrected chi connectivity index (χ3v) is 5.00. The van der Waals surface area contributed by atoms with Crippen molar-refractivity contribution in [2.45, 2.75) is 25.2 Å². The number of nitrogens with one attached hydrogen (secondary N) is 1. The van der Waals surface area contributed by atoms with E-state index in [1.165, 1.54) is 0 Å². The summed E-state index contributed by atoms with van der Waals surface area (Å²) in [5.41, 5.74) is 0.234. The molecule has 17 heavy (non-hydrogen) atoms. The molecule has 0 aliphatic carbocycles. The van der Waals surface area contributed by atoms with Gasteiger partial charge in [0, 0.05) is 17.3 Å². The Hall–Kier alpha value is -1.37. The van der Waals surface area contributed by atoms with Gasteiger partial charge in [-0.3, -0.25) is 4.79 Å². The minimum atomic E-state index is -2.98.